The molecule has 0 atom stereocenters. The maximum Gasteiger partial charge on any atom is 0.131 e. The van der Waals surface area contributed by atoms with E-state index in [1.54, 1.807) is 12.4 Å². The Balaban J connectivity index is 1.81. The third-order valence-corrected chi connectivity index (χ3v) is 1.96. The van der Waals surface area contributed by atoms with Gasteiger partial charge in [-0.3, -0.25) is 0 Å². The first-order valence-electron chi connectivity index (χ1n) is 4.89. The van der Waals surface area contributed by atoms with Gasteiger partial charge < -0.3 is 4.74 Å². The number of para-hydroxylation sites is 1. The van der Waals surface area contributed by atoms with Crippen molar-refractivity contribution in [3.8, 4) is 5.75 Å². The van der Waals surface area contributed by atoms with Crippen LogP contribution in [0.1, 0.15) is 5.82 Å². The van der Waals surface area contributed by atoms with Crippen LogP contribution < -0.4 is 4.74 Å². The number of benzene rings is 1. The van der Waals surface area contributed by atoms with E-state index in [1.807, 2.05) is 36.4 Å². The molecule has 0 N–H and O–H groups in total. The maximum absolute atomic E-state index is 5.53. The highest BCUT2D eigenvalue weighted by Crippen LogP contribution is 2.08. The fraction of sp³-hybridized carbons (Fsp3) is 0.167. The van der Waals surface area contributed by atoms with Gasteiger partial charge in [0.2, 0.25) is 0 Å². The second kappa shape index (κ2) is 5.10. The minimum absolute atomic E-state index is 0.605. The van der Waals surface area contributed by atoms with Crippen molar-refractivity contribution >= 4 is 0 Å². The molecular formula is C12H12N2O. The first-order valence-corrected chi connectivity index (χ1v) is 4.89. The minimum Gasteiger partial charge on any atom is -0.493 e. The van der Waals surface area contributed by atoms with Gasteiger partial charge in [-0.2, -0.15) is 0 Å². The monoisotopic (exact) mass is 200 g/mol. The standard InChI is InChI=1S/C12H12N2O/c1-2-5-11(6-3-1)15-10-7-12-13-8-4-9-14-12/h1-6,8-9H,7,10H2. The Morgan fingerprint density at radius 1 is 0.933 bits per heavy atom. The quantitative estimate of drug-likeness (QED) is 0.758. The second-order valence-corrected chi connectivity index (χ2v) is 3.08. The summed E-state index contributed by atoms with van der Waals surface area (Å²) >= 11 is 0. The third-order valence-electron chi connectivity index (χ3n) is 1.96. The van der Waals surface area contributed by atoms with Gasteiger partial charge in [-0.25, -0.2) is 9.97 Å². The molecule has 0 radical (unpaired) electrons. The zero-order chi connectivity index (χ0) is 10.3. The van der Waals surface area contributed by atoms with Crippen LogP contribution in [0.25, 0.3) is 0 Å². The van der Waals surface area contributed by atoms with Crippen molar-refractivity contribution < 1.29 is 4.74 Å². The van der Waals surface area contributed by atoms with E-state index < -0.39 is 0 Å². The van der Waals surface area contributed by atoms with E-state index in [2.05, 4.69) is 9.97 Å². The summed E-state index contributed by atoms with van der Waals surface area (Å²) in [5.74, 6) is 1.70. The predicted octanol–water partition coefficient (Wildman–Crippen LogP) is 2.10. The van der Waals surface area contributed by atoms with Crippen LogP contribution in [0, 0.1) is 0 Å². The highest BCUT2D eigenvalue weighted by Gasteiger charge is 1.95. The number of hydrogen-bond acceptors (Lipinski definition) is 3. The zero-order valence-corrected chi connectivity index (χ0v) is 8.34. The molecule has 0 bridgehead atoms. The molecule has 0 amide bonds. The van der Waals surface area contributed by atoms with Crippen molar-refractivity contribution in [3.63, 3.8) is 0 Å². The molecule has 2 aromatic rings. The van der Waals surface area contributed by atoms with Crippen molar-refractivity contribution in [2.75, 3.05) is 6.61 Å². The Morgan fingerprint density at radius 3 is 2.40 bits per heavy atom. The third kappa shape index (κ3) is 3.06. The van der Waals surface area contributed by atoms with Gasteiger partial charge in [0, 0.05) is 18.8 Å². The molecule has 3 nitrogen and oxygen atoms in total. The van der Waals surface area contributed by atoms with E-state index in [9.17, 15) is 0 Å². The predicted molar refractivity (Wildman–Crippen MR) is 57.7 cm³/mol. The van der Waals surface area contributed by atoms with E-state index in [1.165, 1.54) is 0 Å². The number of nitrogens with zero attached hydrogens (tertiary/aromatic N) is 2. The molecule has 3 heteroatoms. The Morgan fingerprint density at radius 2 is 1.67 bits per heavy atom. The van der Waals surface area contributed by atoms with Crippen molar-refractivity contribution in [1.82, 2.24) is 9.97 Å². The lowest BCUT2D eigenvalue weighted by Gasteiger charge is -2.04. The summed E-state index contributed by atoms with van der Waals surface area (Å²) < 4.78 is 5.53. The highest BCUT2D eigenvalue weighted by atomic mass is 16.5. The van der Waals surface area contributed by atoms with Gasteiger partial charge in [-0.15, -0.1) is 0 Å². The number of aromatic nitrogens is 2. The largest absolute Gasteiger partial charge is 0.493 e. The van der Waals surface area contributed by atoms with Crippen molar-refractivity contribution in [2.24, 2.45) is 0 Å². The van der Waals surface area contributed by atoms with Crippen molar-refractivity contribution in [1.29, 1.82) is 0 Å². The molecule has 0 saturated heterocycles. The summed E-state index contributed by atoms with van der Waals surface area (Å²) in [6.45, 7) is 0.605. The Hall–Kier alpha value is -1.90. The lowest BCUT2D eigenvalue weighted by molar-refractivity contribution is 0.319. The molecule has 1 heterocycles. The average Bonchev–Trinajstić information content (AvgIpc) is 2.32. The van der Waals surface area contributed by atoms with Crippen LogP contribution in [0.3, 0.4) is 0 Å². The van der Waals surface area contributed by atoms with Gasteiger partial charge in [0.15, 0.2) is 0 Å². The van der Waals surface area contributed by atoms with Crippen LogP contribution in [-0.4, -0.2) is 16.6 Å². The molecule has 15 heavy (non-hydrogen) atoms. The van der Waals surface area contributed by atoms with Crippen LogP contribution in [0.4, 0.5) is 0 Å². The Kier molecular flexibility index (Phi) is 3.28. The van der Waals surface area contributed by atoms with E-state index >= 15 is 0 Å². The van der Waals surface area contributed by atoms with E-state index in [-0.39, 0.29) is 0 Å². The zero-order valence-electron chi connectivity index (χ0n) is 8.34. The molecule has 0 unspecified atom stereocenters. The summed E-state index contributed by atoms with van der Waals surface area (Å²) in [7, 11) is 0. The molecule has 0 fully saturated rings. The molecule has 0 aliphatic heterocycles. The van der Waals surface area contributed by atoms with E-state index in [0.717, 1.165) is 18.0 Å². The van der Waals surface area contributed by atoms with Gasteiger partial charge in [0.25, 0.3) is 0 Å². The molecule has 0 spiro atoms. The highest BCUT2D eigenvalue weighted by molar-refractivity contribution is 5.20. The minimum atomic E-state index is 0.605. The summed E-state index contributed by atoms with van der Waals surface area (Å²) in [6.07, 6.45) is 4.21. The summed E-state index contributed by atoms with van der Waals surface area (Å²) in [4.78, 5) is 8.24. The molecule has 0 aliphatic rings. The number of hydrogen-bond donors (Lipinski definition) is 0. The molecule has 1 aromatic carbocycles. The Bertz CT molecular complexity index is 349. The molecule has 0 aliphatic carbocycles. The molecule has 76 valence electrons. The molecule has 1 aromatic heterocycles. The molecule has 0 saturated carbocycles. The van der Waals surface area contributed by atoms with Gasteiger partial charge in [-0.05, 0) is 18.2 Å². The van der Waals surface area contributed by atoms with Crippen molar-refractivity contribution in [3.05, 3.63) is 54.6 Å². The van der Waals surface area contributed by atoms with E-state index in [0.29, 0.717) is 6.61 Å². The van der Waals surface area contributed by atoms with Crippen LogP contribution in [0.5, 0.6) is 5.75 Å². The summed E-state index contributed by atoms with van der Waals surface area (Å²) in [6, 6.07) is 11.6. The fourth-order valence-electron chi connectivity index (χ4n) is 1.24. The maximum atomic E-state index is 5.53. The van der Waals surface area contributed by atoms with Crippen LogP contribution >= 0.6 is 0 Å². The first kappa shape index (κ1) is 9.65. The molecular weight excluding hydrogens is 188 g/mol. The summed E-state index contributed by atoms with van der Waals surface area (Å²) in [5.41, 5.74) is 0. The smallest absolute Gasteiger partial charge is 0.131 e. The Labute approximate surface area is 88.8 Å². The SMILES string of the molecule is c1ccc(OCCc2ncccn2)cc1. The van der Waals surface area contributed by atoms with Crippen LogP contribution in [0.2, 0.25) is 0 Å². The number of rotatable bonds is 4. The average molecular weight is 200 g/mol. The fourth-order valence-corrected chi connectivity index (χ4v) is 1.24. The van der Waals surface area contributed by atoms with Gasteiger partial charge in [0.1, 0.15) is 11.6 Å². The lowest BCUT2D eigenvalue weighted by Crippen LogP contribution is -2.04. The van der Waals surface area contributed by atoms with Gasteiger partial charge in [0.05, 0.1) is 6.61 Å². The summed E-state index contributed by atoms with van der Waals surface area (Å²) in [5, 5.41) is 0. The van der Waals surface area contributed by atoms with Crippen molar-refractivity contribution in [2.45, 2.75) is 6.42 Å². The second-order valence-electron chi connectivity index (χ2n) is 3.08. The number of ether oxygens (including phenoxy) is 1. The first-order chi connectivity index (χ1) is 7.45. The normalized spacial score (nSPS) is 9.87. The van der Waals surface area contributed by atoms with E-state index in [4.69, 9.17) is 4.74 Å². The lowest BCUT2D eigenvalue weighted by atomic mass is 10.3. The van der Waals surface area contributed by atoms with Crippen LogP contribution in [0.15, 0.2) is 48.8 Å². The molecule has 2 rings (SSSR count). The van der Waals surface area contributed by atoms with Gasteiger partial charge >= 0.3 is 0 Å². The van der Waals surface area contributed by atoms with Gasteiger partial charge in [-0.1, -0.05) is 18.2 Å². The van der Waals surface area contributed by atoms with Crippen LogP contribution in [-0.2, 0) is 6.42 Å². The topological polar surface area (TPSA) is 35.0 Å².